The van der Waals surface area contributed by atoms with Crippen molar-refractivity contribution in [1.82, 2.24) is 10.2 Å². The van der Waals surface area contributed by atoms with Crippen molar-refractivity contribution in [2.75, 3.05) is 26.2 Å². The van der Waals surface area contributed by atoms with Crippen molar-refractivity contribution in [3.8, 4) is 0 Å². The monoisotopic (exact) mass is 393 g/mol. The highest BCUT2D eigenvalue weighted by Crippen LogP contribution is 2.39. The van der Waals surface area contributed by atoms with Gasteiger partial charge in [0.1, 0.15) is 9.77 Å². The molecule has 2 saturated heterocycles. The van der Waals surface area contributed by atoms with Gasteiger partial charge in [0, 0.05) is 13.1 Å². The summed E-state index contributed by atoms with van der Waals surface area (Å²) >= 11 is 1.15. The number of halogens is 1. The number of carbonyl (C=O) groups excluding carboxylic acids is 1. The van der Waals surface area contributed by atoms with Crippen LogP contribution in [0.25, 0.3) is 0 Å². The van der Waals surface area contributed by atoms with Gasteiger partial charge in [-0.2, -0.15) is 0 Å². The molecule has 0 aromatic carbocycles. The molecule has 136 valence electrons. The van der Waals surface area contributed by atoms with Crippen molar-refractivity contribution in [1.29, 1.82) is 0 Å². The Morgan fingerprint density at radius 1 is 1.21 bits per heavy atom. The molecule has 1 amide bonds. The quantitative estimate of drug-likeness (QED) is 0.801. The molecule has 2 fully saturated rings. The number of nitrogens with one attached hydrogen (secondary N) is 1. The number of thiophene rings is 1. The third kappa shape index (κ3) is 4.11. The third-order valence-electron chi connectivity index (χ3n) is 5.13. The van der Waals surface area contributed by atoms with Gasteiger partial charge >= 0.3 is 0 Å². The molecule has 1 aromatic heterocycles. The standard InChI is InChI=1S/C15H23N3O3S2.ClH/c16-23(20,21)12-2-11-22-13(12)14(19)18-9-1-3-15(6-10-18)4-7-17-8-5-15;/h2,11,17H,1,3-10H2,(H2,16,20,21);1H. The number of nitrogens with zero attached hydrogens (tertiary/aromatic N) is 1. The Balaban J connectivity index is 0.00000208. The van der Waals surface area contributed by atoms with E-state index in [9.17, 15) is 13.2 Å². The molecule has 0 aliphatic carbocycles. The topological polar surface area (TPSA) is 92.5 Å². The van der Waals surface area contributed by atoms with Crippen molar-refractivity contribution in [2.24, 2.45) is 10.6 Å². The van der Waals surface area contributed by atoms with Gasteiger partial charge in [-0.25, -0.2) is 13.6 Å². The van der Waals surface area contributed by atoms with Crippen LogP contribution in [0, 0.1) is 5.41 Å². The highest BCUT2D eigenvalue weighted by atomic mass is 35.5. The van der Waals surface area contributed by atoms with Gasteiger partial charge in [-0.3, -0.25) is 4.79 Å². The number of rotatable bonds is 2. The lowest BCUT2D eigenvalue weighted by Gasteiger charge is -2.37. The summed E-state index contributed by atoms with van der Waals surface area (Å²) in [6, 6.07) is 1.42. The zero-order valence-corrected chi connectivity index (χ0v) is 15.9. The summed E-state index contributed by atoms with van der Waals surface area (Å²) in [6.07, 6.45) is 5.44. The lowest BCUT2D eigenvalue weighted by atomic mass is 9.73. The van der Waals surface area contributed by atoms with Crippen LogP contribution in [-0.4, -0.2) is 45.4 Å². The van der Waals surface area contributed by atoms with E-state index in [4.69, 9.17) is 5.14 Å². The third-order valence-corrected chi connectivity index (χ3v) is 7.11. The normalized spacial score (nSPS) is 21.1. The Hall–Kier alpha value is -0.670. The van der Waals surface area contributed by atoms with Gasteiger partial charge in [0.25, 0.3) is 5.91 Å². The van der Waals surface area contributed by atoms with E-state index in [1.165, 1.54) is 6.07 Å². The van der Waals surface area contributed by atoms with Crippen LogP contribution in [0.1, 0.15) is 41.8 Å². The number of carbonyl (C=O) groups is 1. The Morgan fingerprint density at radius 3 is 2.58 bits per heavy atom. The SMILES string of the molecule is Cl.NS(=O)(=O)c1ccsc1C(=O)N1CCCC2(CCNCC2)CC1. The van der Waals surface area contributed by atoms with Crippen molar-refractivity contribution < 1.29 is 13.2 Å². The van der Waals surface area contributed by atoms with E-state index in [0.717, 1.165) is 56.5 Å². The lowest BCUT2D eigenvalue weighted by Crippen LogP contribution is -2.38. The molecule has 2 aliphatic heterocycles. The average Bonchev–Trinajstić information content (AvgIpc) is 2.93. The summed E-state index contributed by atoms with van der Waals surface area (Å²) in [6.45, 7) is 3.49. The minimum absolute atomic E-state index is 0. The summed E-state index contributed by atoms with van der Waals surface area (Å²) in [5, 5.41) is 10.2. The molecular weight excluding hydrogens is 370 g/mol. The van der Waals surface area contributed by atoms with Crippen LogP contribution in [0.2, 0.25) is 0 Å². The molecule has 0 radical (unpaired) electrons. The zero-order valence-electron chi connectivity index (χ0n) is 13.5. The summed E-state index contributed by atoms with van der Waals surface area (Å²) in [5.41, 5.74) is 0.346. The van der Waals surface area contributed by atoms with Gasteiger partial charge in [0.15, 0.2) is 0 Å². The molecular formula is C15H24ClN3O3S2. The summed E-state index contributed by atoms with van der Waals surface area (Å²) in [7, 11) is -3.86. The van der Waals surface area contributed by atoms with Gasteiger partial charge in [-0.1, -0.05) is 0 Å². The van der Waals surface area contributed by atoms with Crippen molar-refractivity contribution in [3.05, 3.63) is 16.3 Å². The molecule has 0 atom stereocenters. The van der Waals surface area contributed by atoms with E-state index >= 15 is 0 Å². The predicted octanol–water partition coefficient (Wildman–Crippen LogP) is 1.81. The van der Waals surface area contributed by atoms with E-state index in [-0.39, 0.29) is 28.1 Å². The maximum atomic E-state index is 12.8. The molecule has 3 heterocycles. The molecule has 1 spiro atoms. The largest absolute Gasteiger partial charge is 0.338 e. The minimum Gasteiger partial charge on any atom is -0.338 e. The fourth-order valence-electron chi connectivity index (χ4n) is 3.74. The molecule has 2 aliphatic rings. The second-order valence-electron chi connectivity index (χ2n) is 6.55. The van der Waals surface area contributed by atoms with Crippen LogP contribution < -0.4 is 10.5 Å². The van der Waals surface area contributed by atoms with E-state index in [1.807, 2.05) is 0 Å². The molecule has 6 nitrogen and oxygen atoms in total. The number of likely N-dealkylation sites (tertiary alicyclic amines) is 1. The zero-order chi connectivity index (χ0) is 16.5. The molecule has 1 aromatic rings. The summed E-state index contributed by atoms with van der Waals surface area (Å²) in [4.78, 5) is 14.8. The minimum atomic E-state index is -3.86. The molecule has 0 bridgehead atoms. The highest BCUT2D eigenvalue weighted by Gasteiger charge is 2.35. The van der Waals surface area contributed by atoms with E-state index in [0.29, 0.717) is 18.5 Å². The molecule has 24 heavy (non-hydrogen) atoms. The Kier molecular flexibility index (Phi) is 6.30. The van der Waals surface area contributed by atoms with E-state index in [2.05, 4.69) is 5.32 Å². The average molecular weight is 394 g/mol. The number of sulfonamides is 1. The van der Waals surface area contributed by atoms with Crippen molar-refractivity contribution in [3.63, 3.8) is 0 Å². The maximum Gasteiger partial charge on any atom is 0.265 e. The summed E-state index contributed by atoms with van der Waals surface area (Å²) in [5.74, 6) is -0.199. The van der Waals surface area contributed by atoms with Crippen LogP contribution in [0.3, 0.4) is 0 Å². The van der Waals surface area contributed by atoms with Gasteiger partial charge < -0.3 is 10.2 Å². The first-order chi connectivity index (χ1) is 10.9. The lowest BCUT2D eigenvalue weighted by molar-refractivity contribution is 0.0752. The maximum absolute atomic E-state index is 12.8. The molecule has 3 N–H and O–H groups in total. The fraction of sp³-hybridized carbons (Fsp3) is 0.667. The van der Waals surface area contributed by atoms with Gasteiger partial charge in [-0.05, 0) is 62.1 Å². The van der Waals surface area contributed by atoms with Crippen LogP contribution in [0.5, 0.6) is 0 Å². The predicted molar refractivity (Wildman–Crippen MR) is 97.2 cm³/mol. The van der Waals surface area contributed by atoms with Crippen molar-refractivity contribution >= 4 is 39.7 Å². The number of piperidine rings is 1. The molecule has 0 unspecified atom stereocenters. The number of hydrogen-bond acceptors (Lipinski definition) is 5. The van der Waals surface area contributed by atoms with Gasteiger partial charge in [-0.15, -0.1) is 23.7 Å². The van der Waals surface area contributed by atoms with Gasteiger partial charge in [0.2, 0.25) is 10.0 Å². The first kappa shape index (κ1) is 19.7. The van der Waals surface area contributed by atoms with Gasteiger partial charge in [0.05, 0.1) is 0 Å². The Morgan fingerprint density at radius 2 is 1.92 bits per heavy atom. The van der Waals surface area contributed by atoms with E-state index < -0.39 is 10.0 Å². The molecule has 0 saturated carbocycles. The van der Waals surface area contributed by atoms with Crippen LogP contribution in [0.15, 0.2) is 16.3 Å². The first-order valence-electron chi connectivity index (χ1n) is 8.02. The van der Waals surface area contributed by atoms with E-state index in [1.54, 1.807) is 10.3 Å². The highest BCUT2D eigenvalue weighted by molar-refractivity contribution is 7.89. The Labute approximate surface area is 153 Å². The van der Waals surface area contributed by atoms with Crippen LogP contribution in [-0.2, 0) is 10.0 Å². The van der Waals surface area contributed by atoms with Crippen molar-refractivity contribution in [2.45, 2.75) is 37.0 Å². The number of nitrogens with two attached hydrogens (primary N) is 1. The number of amides is 1. The second-order valence-corrected chi connectivity index (χ2v) is 9.00. The fourth-order valence-corrected chi connectivity index (χ4v) is 5.67. The smallest absolute Gasteiger partial charge is 0.265 e. The molecule has 9 heteroatoms. The molecule has 3 rings (SSSR count). The van der Waals surface area contributed by atoms with Crippen LogP contribution >= 0.6 is 23.7 Å². The van der Waals surface area contributed by atoms with Crippen LogP contribution in [0.4, 0.5) is 0 Å². The number of hydrogen-bond donors (Lipinski definition) is 2. The Bertz CT molecular complexity index is 684. The number of primary sulfonamides is 1. The first-order valence-corrected chi connectivity index (χ1v) is 10.4. The second kappa shape index (κ2) is 7.70. The summed E-state index contributed by atoms with van der Waals surface area (Å²) < 4.78 is 23.2.